The van der Waals surface area contributed by atoms with Crippen molar-refractivity contribution in [3.63, 3.8) is 0 Å². The van der Waals surface area contributed by atoms with E-state index in [-0.39, 0.29) is 0 Å². The molecule has 0 bridgehead atoms. The van der Waals surface area contributed by atoms with Gasteiger partial charge < -0.3 is 15.1 Å². The summed E-state index contributed by atoms with van der Waals surface area (Å²) in [6.45, 7) is 4.33. The van der Waals surface area contributed by atoms with Crippen molar-refractivity contribution >= 4 is 17.1 Å². The monoisotopic (exact) mass is 343 g/mol. The number of aromatic nitrogens is 1. The molecular weight excluding hydrogens is 310 g/mol. The zero-order valence-electron chi connectivity index (χ0n) is 15.7. The minimum absolute atomic E-state index is 0.435. The first-order chi connectivity index (χ1) is 12.3. The smallest absolute Gasteiger partial charge is 0.295 e. The second kappa shape index (κ2) is 9.81. The van der Waals surface area contributed by atoms with E-state index in [1.165, 1.54) is 56.9 Å². The quantitative estimate of drug-likeness (QED) is 0.545. The Morgan fingerprint density at radius 3 is 2.68 bits per heavy atom. The van der Waals surface area contributed by atoms with Crippen molar-refractivity contribution < 1.29 is 4.42 Å². The fraction of sp³-hybridized carbons (Fsp3) is 0.667. The van der Waals surface area contributed by atoms with E-state index in [9.17, 15) is 0 Å². The molecule has 2 heterocycles. The van der Waals surface area contributed by atoms with Gasteiger partial charge in [-0.15, -0.1) is 0 Å². The summed E-state index contributed by atoms with van der Waals surface area (Å²) in [5.41, 5.74) is 3.24. The van der Waals surface area contributed by atoms with Crippen LogP contribution in [0.3, 0.4) is 0 Å². The molecule has 2 aromatic rings. The lowest BCUT2D eigenvalue weighted by Gasteiger charge is -2.07. The highest BCUT2D eigenvalue weighted by atomic mass is 16.4. The van der Waals surface area contributed by atoms with Crippen LogP contribution in [0.1, 0.15) is 70.3 Å². The molecule has 0 spiro atoms. The maximum atomic E-state index is 5.82. The van der Waals surface area contributed by atoms with Gasteiger partial charge in [0, 0.05) is 12.6 Å². The van der Waals surface area contributed by atoms with Crippen molar-refractivity contribution in [3.8, 4) is 0 Å². The van der Waals surface area contributed by atoms with Crippen molar-refractivity contribution in [2.75, 3.05) is 18.4 Å². The minimum atomic E-state index is 0.435. The van der Waals surface area contributed by atoms with Crippen LogP contribution in [0.4, 0.5) is 6.01 Å². The lowest BCUT2D eigenvalue weighted by molar-refractivity contribution is 0.575. The molecule has 3 rings (SSSR count). The third-order valence-electron chi connectivity index (χ3n) is 5.16. The number of hydrogen-bond acceptors (Lipinski definition) is 4. The van der Waals surface area contributed by atoms with E-state index in [0.29, 0.717) is 12.1 Å². The second-order valence-corrected chi connectivity index (χ2v) is 7.38. The van der Waals surface area contributed by atoms with Gasteiger partial charge in [0.25, 0.3) is 6.01 Å². The van der Waals surface area contributed by atoms with Crippen LogP contribution in [-0.2, 0) is 6.42 Å². The zero-order valence-corrected chi connectivity index (χ0v) is 15.7. The van der Waals surface area contributed by atoms with Crippen LogP contribution >= 0.6 is 0 Å². The third-order valence-corrected chi connectivity index (χ3v) is 5.16. The maximum Gasteiger partial charge on any atom is 0.295 e. The van der Waals surface area contributed by atoms with Crippen molar-refractivity contribution in [1.29, 1.82) is 0 Å². The molecule has 1 aliphatic heterocycles. The molecule has 0 aliphatic carbocycles. The minimum Gasteiger partial charge on any atom is -0.424 e. The molecule has 25 heavy (non-hydrogen) atoms. The van der Waals surface area contributed by atoms with Crippen LogP contribution in [0, 0.1) is 0 Å². The van der Waals surface area contributed by atoms with Gasteiger partial charge in [0.1, 0.15) is 5.52 Å². The summed E-state index contributed by atoms with van der Waals surface area (Å²) in [6, 6.07) is 7.55. The van der Waals surface area contributed by atoms with Gasteiger partial charge in [0.05, 0.1) is 0 Å². The predicted octanol–water partition coefficient (Wildman–Crippen LogP) is 5.28. The molecule has 1 aromatic heterocycles. The van der Waals surface area contributed by atoms with E-state index in [1.807, 2.05) is 0 Å². The first-order valence-corrected chi connectivity index (χ1v) is 10.2. The van der Waals surface area contributed by atoms with Gasteiger partial charge in [0.15, 0.2) is 5.58 Å². The average molecular weight is 344 g/mol. The summed E-state index contributed by atoms with van der Waals surface area (Å²) in [5.74, 6) is 0. The number of rotatable bonds is 11. The van der Waals surface area contributed by atoms with Gasteiger partial charge in [0.2, 0.25) is 0 Å². The van der Waals surface area contributed by atoms with Crippen LogP contribution < -0.4 is 10.6 Å². The number of unbranched alkanes of at least 4 members (excludes halogenated alkanes) is 7. The Balaban J connectivity index is 1.41. The molecule has 138 valence electrons. The van der Waals surface area contributed by atoms with Crippen LogP contribution in [-0.4, -0.2) is 24.1 Å². The molecule has 0 radical (unpaired) electrons. The van der Waals surface area contributed by atoms with E-state index in [0.717, 1.165) is 37.0 Å². The van der Waals surface area contributed by atoms with E-state index >= 15 is 0 Å². The SMILES string of the molecule is CCCCCCCCCCc1ccc2oc(N[C@@H]3CCNC3)nc2c1. The van der Waals surface area contributed by atoms with Gasteiger partial charge in [-0.25, -0.2) is 0 Å². The Kier molecular flexibility index (Phi) is 7.16. The molecule has 1 aromatic carbocycles. The Morgan fingerprint density at radius 1 is 1.12 bits per heavy atom. The lowest BCUT2D eigenvalue weighted by Crippen LogP contribution is -2.22. The molecule has 4 heteroatoms. The highest BCUT2D eigenvalue weighted by molar-refractivity contribution is 5.75. The first kappa shape index (κ1) is 18.2. The number of benzene rings is 1. The molecular formula is C21H33N3O. The summed E-state index contributed by atoms with van der Waals surface area (Å²) >= 11 is 0. The van der Waals surface area contributed by atoms with E-state index in [2.05, 4.69) is 40.7 Å². The predicted molar refractivity (Wildman–Crippen MR) is 105 cm³/mol. The van der Waals surface area contributed by atoms with E-state index < -0.39 is 0 Å². The van der Waals surface area contributed by atoms with Gasteiger partial charge in [-0.3, -0.25) is 0 Å². The summed E-state index contributed by atoms with van der Waals surface area (Å²) in [5, 5.41) is 6.74. The van der Waals surface area contributed by atoms with Gasteiger partial charge in [-0.1, -0.05) is 57.9 Å². The standard InChI is InChI=1S/C21H33N3O/c1-2-3-4-5-6-7-8-9-10-17-11-12-20-19(15-17)24-21(25-20)23-18-13-14-22-16-18/h11-12,15,18,22H,2-10,13-14,16H2,1H3,(H,23,24)/t18-/m1/s1. The lowest BCUT2D eigenvalue weighted by atomic mass is 10.0. The molecule has 0 saturated carbocycles. The number of nitrogens with zero attached hydrogens (tertiary/aromatic N) is 1. The molecule has 1 fully saturated rings. The largest absolute Gasteiger partial charge is 0.424 e. The van der Waals surface area contributed by atoms with Crippen molar-refractivity contribution in [1.82, 2.24) is 10.3 Å². The van der Waals surface area contributed by atoms with E-state index in [1.54, 1.807) is 0 Å². The summed E-state index contributed by atoms with van der Waals surface area (Å²) in [4.78, 5) is 4.62. The summed E-state index contributed by atoms with van der Waals surface area (Å²) < 4.78 is 5.82. The highest BCUT2D eigenvalue weighted by Gasteiger charge is 2.16. The van der Waals surface area contributed by atoms with Gasteiger partial charge in [-0.2, -0.15) is 4.98 Å². The van der Waals surface area contributed by atoms with Gasteiger partial charge >= 0.3 is 0 Å². The Hall–Kier alpha value is -1.55. The summed E-state index contributed by atoms with van der Waals surface area (Å²) in [7, 11) is 0. The highest BCUT2D eigenvalue weighted by Crippen LogP contribution is 2.22. The number of aryl methyl sites for hydroxylation is 1. The number of fused-ring (bicyclic) bond motifs is 1. The molecule has 1 saturated heterocycles. The van der Waals surface area contributed by atoms with Crippen molar-refractivity contribution in [2.45, 2.75) is 77.2 Å². The van der Waals surface area contributed by atoms with Crippen LogP contribution in [0.5, 0.6) is 0 Å². The fourth-order valence-electron chi connectivity index (χ4n) is 3.61. The second-order valence-electron chi connectivity index (χ2n) is 7.38. The number of anilines is 1. The van der Waals surface area contributed by atoms with Gasteiger partial charge in [-0.05, 0) is 43.5 Å². The number of hydrogen-bond donors (Lipinski definition) is 2. The van der Waals surface area contributed by atoms with Crippen LogP contribution in [0.15, 0.2) is 22.6 Å². The molecule has 4 nitrogen and oxygen atoms in total. The normalized spacial score (nSPS) is 17.4. The van der Waals surface area contributed by atoms with Crippen molar-refractivity contribution in [3.05, 3.63) is 23.8 Å². The van der Waals surface area contributed by atoms with Crippen molar-refractivity contribution in [2.24, 2.45) is 0 Å². The number of nitrogens with one attached hydrogen (secondary N) is 2. The Morgan fingerprint density at radius 2 is 1.92 bits per heavy atom. The first-order valence-electron chi connectivity index (χ1n) is 10.2. The third kappa shape index (κ3) is 5.74. The molecule has 1 aliphatic rings. The van der Waals surface area contributed by atoms with Crippen LogP contribution in [0.2, 0.25) is 0 Å². The molecule has 0 unspecified atom stereocenters. The molecule has 1 atom stereocenters. The fourth-order valence-corrected chi connectivity index (χ4v) is 3.61. The topological polar surface area (TPSA) is 50.1 Å². The average Bonchev–Trinajstić information content (AvgIpc) is 3.26. The Labute approximate surface area is 151 Å². The molecule has 2 N–H and O–H groups in total. The zero-order chi connectivity index (χ0) is 17.3. The summed E-state index contributed by atoms with van der Waals surface area (Å²) in [6.07, 6.45) is 13.2. The van der Waals surface area contributed by atoms with Crippen LogP contribution in [0.25, 0.3) is 11.1 Å². The maximum absolute atomic E-state index is 5.82. The molecule has 0 amide bonds. The number of oxazole rings is 1. The Bertz CT molecular complexity index is 631. The van der Waals surface area contributed by atoms with E-state index in [4.69, 9.17) is 4.42 Å².